The molecule has 9 nitrogen and oxygen atoms in total. The van der Waals surface area contributed by atoms with Gasteiger partial charge >= 0.3 is 0 Å². The van der Waals surface area contributed by atoms with E-state index < -0.39 is 29.0 Å². The third-order valence-corrected chi connectivity index (χ3v) is 7.34. The summed E-state index contributed by atoms with van der Waals surface area (Å²) in [5, 5.41) is 2.92. The molecule has 5 rings (SSSR count). The van der Waals surface area contributed by atoms with Gasteiger partial charge in [0.2, 0.25) is 18.6 Å². The van der Waals surface area contributed by atoms with Crippen molar-refractivity contribution in [1.82, 2.24) is 4.90 Å². The number of hydrogen-bond acceptors (Lipinski definition) is 6. The second kappa shape index (κ2) is 10.2. The molecule has 1 N–H and O–H groups in total. The first-order valence-electron chi connectivity index (χ1n) is 12.7. The number of ketones is 1. The standard InChI is InChI=1S/C30H29N3O6/c1-4-30(3,29(37)31-21-13-14-24-25(15-21)39-18-38-24)33(16-20-11-9-19(2)10-12-20)26(34)17-32-23-8-6-5-7-22(23)27(35)28(32)36/h5-15H,4,16-18H2,1-3H3,(H,31,37). The Kier molecular flexibility index (Phi) is 6.82. The lowest BCUT2D eigenvalue weighted by atomic mass is 9.93. The Morgan fingerprint density at radius 2 is 1.72 bits per heavy atom. The average Bonchev–Trinajstić information content (AvgIpc) is 3.50. The minimum absolute atomic E-state index is 0.110. The van der Waals surface area contributed by atoms with Crippen LogP contribution in [0.2, 0.25) is 0 Å². The van der Waals surface area contributed by atoms with Crippen molar-refractivity contribution in [2.75, 3.05) is 23.6 Å². The number of benzene rings is 3. The van der Waals surface area contributed by atoms with Crippen LogP contribution in [0.25, 0.3) is 0 Å². The van der Waals surface area contributed by atoms with Crippen molar-refractivity contribution in [2.24, 2.45) is 0 Å². The van der Waals surface area contributed by atoms with Crippen LogP contribution in [0.5, 0.6) is 11.5 Å². The Morgan fingerprint density at radius 1 is 1.00 bits per heavy atom. The van der Waals surface area contributed by atoms with Gasteiger partial charge in [-0.25, -0.2) is 0 Å². The van der Waals surface area contributed by atoms with Gasteiger partial charge in [-0.05, 0) is 50.1 Å². The third kappa shape index (κ3) is 4.83. The molecule has 0 fully saturated rings. The highest BCUT2D eigenvalue weighted by Gasteiger charge is 2.43. The first-order chi connectivity index (χ1) is 18.7. The molecule has 0 aromatic heterocycles. The lowest BCUT2D eigenvalue weighted by Crippen LogP contribution is -2.58. The number of nitrogens with zero attached hydrogens (tertiary/aromatic N) is 2. The molecule has 2 aliphatic heterocycles. The summed E-state index contributed by atoms with van der Waals surface area (Å²) in [5.41, 5.74) is 1.76. The molecule has 2 heterocycles. The van der Waals surface area contributed by atoms with E-state index in [9.17, 15) is 19.2 Å². The zero-order valence-corrected chi connectivity index (χ0v) is 22.0. The smallest absolute Gasteiger partial charge is 0.299 e. The molecule has 1 atom stereocenters. The maximum absolute atomic E-state index is 14.0. The number of rotatable bonds is 8. The second-order valence-electron chi connectivity index (χ2n) is 9.85. The van der Waals surface area contributed by atoms with Crippen molar-refractivity contribution in [3.05, 3.63) is 83.4 Å². The average molecular weight is 528 g/mol. The first kappa shape index (κ1) is 26.0. The van der Waals surface area contributed by atoms with E-state index in [1.54, 1.807) is 49.4 Å². The van der Waals surface area contributed by atoms with Gasteiger partial charge in [-0.15, -0.1) is 0 Å². The van der Waals surface area contributed by atoms with Gasteiger partial charge in [0, 0.05) is 18.3 Å². The molecule has 3 amide bonds. The van der Waals surface area contributed by atoms with Gasteiger partial charge in [0.05, 0.1) is 11.3 Å². The van der Waals surface area contributed by atoms with E-state index in [1.165, 1.54) is 9.80 Å². The molecule has 3 aromatic carbocycles. The van der Waals surface area contributed by atoms with Crippen LogP contribution < -0.4 is 19.7 Å². The predicted molar refractivity (Wildman–Crippen MR) is 145 cm³/mol. The summed E-state index contributed by atoms with van der Waals surface area (Å²) < 4.78 is 10.8. The summed E-state index contributed by atoms with van der Waals surface area (Å²) in [7, 11) is 0. The summed E-state index contributed by atoms with van der Waals surface area (Å²) in [6, 6.07) is 19.4. The maximum atomic E-state index is 14.0. The normalized spacial score (nSPS) is 15.1. The quantitative estimate of drug-likeness (QED) is 0.443. The molecular weight excluding hydrogens is 498 g/mol. The van der Waals surface area contributed by atoms with Crippen LogP contribution in [0.15, 0.2) is 66.7 Å². The van der Waals surface area contributed by atoms with Crippen molar-refractivity contribution < 1.29 is 28.7 Å². The molecule has 0 bridgehead atoms. The van der Waals surface area contributed by atoms with E-state index in [4.69, 9.17) is 9.47 Å². The van der Waals surface area contributed by atoms with Crippen molar-refractivity contribution >= 4 is 34.9 Å². The number of ether oxygens (including phenoxy) is 2. The van der Waals surface area contributed by atoms with Crippen molar-refractivity contribution in [3.63, 3.8) is 0 Å². The van der Waals surface area contributed by atoms with Crippen molar-refractivity contribution in [3.8, 4) is 11.5 Å². The molecule has 0 aliphatic carbocycles. The van der Waals surface area contributed by atoms with Gasteiger partial charge in [0.25, 0.3) is 11.7 Å². The van der Waals surface area contributed by atoms with Crippen LogP contribution in [0.4, 0.5) is 11.4 Å². The van der Waals surface area contributed by atoms with Gasteiger partial charge in [0.1, 0.15) is 12.1 Å². The number of amides is 3. The number of fused-ring (bicyclic) bond motifs is 2. The van der Waals surface area contributed by atoms with Crippen molar-refractivity contribution in [2.45, 2.75) is 39.3 Å². The maximum Gasteiger partial charge on any atom is 0.299 e. The molecule has 0 saturated carbocycles. The fourth-order valence-corrected chi connectivity index (χ4v) is 4.75. The van der Waals surface area contributed by atoms with E-state index in [2.05, 4.69) is 5.32 Å². The monoisotopic (exact) mass is 527 g/mol. The number of para-hydroxylation sites is 1. The Morgan fingerprint density at radius 3 is 2.46 bits per heavy atom. The minimum atomic E-state index is -1.29. The summed E-state index contributed by atoms with van der Waals surface area (Å²) >= 11 is 0. The number of aryl methyl sites for hydroxylation is 1. The SMILES string of the molecule is CCC(C)(C(=O)Nc1ccc2c(c1)OCO2)N(Cc1ccc(C)cc1)C(=O)CN1C(=O)C(=O)c2ccccc21. The summed E-state index contributed by atoms with van der Waals surface area (Å²) in [4.78, 5) is 55.8. The van der Waals surface area contributed by atoms with E-state index >= 15 is 0 Å². The Hall–Kier alpha value is -4.66. The number of anilines is 2. The Labute approximate surface area is 226 Å². The lowest BCUT2D eigenvalue weighted by molar-refractivity contribution is -0.145. The van der Waals surface area contributed by atoms with Crippen LogP contribution in [-0.4, -0.2) is 47.3 Å². The van der Waals surface area contributed by atoms with Crippen LogP contribution in [0.3, 0.4) is 0 Å². The number of hydrogen-bond donors (Lipinski definition) is 1. The molecule has 2 aliphatic rings. The summed E-state index contributed by atoms with van der Waals surface area (Å²) in [5.74, 6) is -1.15. The Balaban J connectivity index is 1.46. The molecular formula is C30H29N3O6. The molecule has 0 radical (unpaired) electrons. The summed E-state index contributed by atoms with van der Waals surface area (Å²) in [6.45, 7) is 5.37. The van der Waals surface area contributed by atoms with E-state index in [0.717, 1.165) is 11.1 Å². The largest absolute Gasteiger partial charge is 0.454 e. The van der Waals surface area contributed by atoms with Crippen LogP contribution in [-0.2, 0) is 20.9 Å². The van der Waals surface area contributed by atoms with E-state index in [1.807, 2.05) is 38.1 Å². The predicted octanol–water partition coefficient (Wildman–Crippen LogP) is 4.09. The molecule has 1 unspecified atom stereocenters. The second-order valence-corrected chi connectivity index (χ2v) is 9.85. The molecule has 0 spiro atoms. The molecule has 9 heteroatoms. The highest BCUT2D eigenvalue weighted by atomic mass is 16.7. The first-order valence-corrected chi connectivity index (χ1v) is 12.7. The number of carbonyl (C=O) groups excluding carboxylic acids is 4. The lowest BCUT2D eigenvalue weighted by Gasteiger charge is -2.40. The van der Waals surface area contributed by atoms with Gasteiger partial charge in [-0.3, -0.25) is 24.1 Å². The van der Waals surface area contributed by atoms with Gasteiger partial charge in [-0.2, -0.15) is 0 Å². The minimum Gasteiger partial charge on any atom is -0.454 e. The molecule has 39 heavy (non-hydrogen) atoms. The molecule has 3 aromatic rings. The van der Waals surface area contributed by atoms with Crippen LogP contribution >= 0.6 is 0 Å². The highest BCUT2D eigenvalue weighted by molar-refractivity contribution is 6.52. The fraction of sp³-hybridized carbons (Fsp3) is 0.267. The van der Waals surface area contributed by atoms with Crippen molar-refractivity contribution in [1.29, 1.82) is 0 Å². The van der Waals surface area contributed by atoms with Crippen LogP contribution in [0, 0.1) is 6.92 Å². The van der Waals surface area contributed by atoms with Gasteiger partial charge < -0.3 is 19.7 Å². The third-order valence-electron chi connectivity index (χ3n) is 7.34. The Bertz CT molecular complexity index is 1470. The summed E-state index contributed by atoms with van der Waals surface area (Å²) in [6.07, 6.45) is 0.296. The van der Waals surface area contributed by atoms with E-state index in [0.29, 0.717) is 29.3 Å². The van der Waals surface area contributed by atoms with Gasteiger partial charge in [-0.1, -0.05) is 48.9 Å². The molecule has 0 saturated heterocycles. The zero-order chi connectivity index (χ0) is 27.7. The number of Topliss-reactive ketones (excluding diaryl/α,β-unsaturated/α-hetero) is 1. The van der Waals surface area contributed by atoms with Gasteiger partial charge in [0.15, 0.2) is 11.5 Å². The molecule has 200 valence electrons. The zero-order valence-electron chi connectivity index (χ0n) is 22.0. The van der Waals surface area contributed by atoms with Crippen LogP contribution in [0.1, 0.15) is 41.8 Å². The number of carbonyl (C=O) groups is 4. The highest BCUT2D eigenvalue weighted by Crippen LogP contribution is 2.35. The fourth-order valence-electron chi connectivity index (χ4n) is 4.75. The topological polar surface area (TPSA) is 105 Å². The van der Waals surface area contributed by atoms with E-state index in [-0.39, 0.29) is 25.4 Å². The number of nitrogens with one attached hydrogen (secondary N) is 1.